The lowest BCUT2D eigenvalue weighted by molar-refractivity contribution is 0.421. The Hall–Kier alpha value is -2.31. The molecule has 9 heteroatoms. The van der Waals surface area contributed by atoms with Gasteiger partial charge < -0.3 is 14.2 Å². The second kappa shape index (κ2) is 7.74. The van der Waals surface area contributed by atoms with Crippen LogP contribution in [0.2, 0.25) is 0 Å². The van der Waals surface area contributed by atoms with Crippen LogP contribution in [0.3, 0.4) is 0 Å². The van der Waals surface area contributed by atoms with Crippen molar-refractivity contribution in [2.24, 2.45) is 0 Å². The topological polar surface area (TPSA) is 112 Å². The molecule has 0 bridgehead atoms. The summed E-state index contributed by atoms with van der Waals surface area (Å²) in [6.07, 6.45) is 3.80. The van der Waals surface area contributed by atoms with Crippen molar-refractivity contribution in [3.05, 3.63) is 17.5 Å². The number of rotatable bonds is 5. The van der Waals surface area contributed by atoms with E-state index in [1.54, 1.807) is 6.92 Å². The van der Waals surface area contributed by atoms with Crippen LogP contribution in [0.15, 0.2) is 19.8 Å². The van der Waals surface area contributed by atoms with Gasteiger partial charge in [-0.05, 0) is 33.6 Å². The summed E-state index contributed by atoms with van der Waals surface area (Å²) in [5.41, 5.74) is 0.102. The van der Waals surface area contributed by atoms with Crippen LogP contribution in [0.5, 0.6) is 0 Å². The first kappa shape index (κ1) is 19.5. The molecule has 0 unspecified atom stereocenters. The van der Waals surface area contributed by atoms with Gasteiger partial charge in [0, 0.05) is 25.2 Å². The van der Waals surface area contributed by atoms with Crippen LogP contribution < -0.4 is 5.32 Å². The zero-order chi connectivity index (χ0) is 19.6. The van der Waals surface area contributed by atoms with E-state index in [2.05, 4.69) is 10.3 Å². The molecule has 0 atom stereocenters. The van der Waals surface area contributed by atoms with Gasteiger partial charge in [-0.25, -0.2) is 8.42 Å². The van der Waals surface area contributed by atoms with Crippen molar-refractivity contribution in [2.45, 2.75) is 57.4 Å². The smallest absolute Gasteiger partial charge is 0.266 e. The number of sulfonamides is 1. The van der Waals surface area contributed by atoms with Crippen LogP contribution in [0.4, 0.5) is 5.88 Å². The quantitative estimate of drug-likeness (QED) is 0.828. The summed E-state index contributed by atoms with van der Waals surface area (Å²) in [5, 5.41) is 12.2. The van der Waals surface area contributed by atoms with Gasteiger partial charge >= 0.3 is 0 Å². The van der Waals surface area contributed by atoms with Crippen LogP contribution in [-0.4, -0.2) is 36.8 Å². The number of oxazole rings is 1. The molecular weight excluding hydrogens is 368 g/mol. The Balaban J connectivity index is 1.95. The van der Waals surface area contributed by atoms with Gasteiger partial charge in [0.1, 0.15) is 16.7 Å². The lowest BCUT2D eigenvalue weighted by Gasteiger charge is -2.19. The van der Waals surface area contributed by atoms with Crippen molar-refractivity contribution < 1.29 is 17.3 Å². The summed E-state index contributed by atoms with van der Waals surface area (Å²) >= 11 is 0. The summed E-state index contributed by atoms with van der Waals surface area (Å²) in [4.78, 5) is 4.24. The van der Waals surface area contributed by atoms with Gasteiger partial charge in [0.2, 0.25) is 21.6 Å². The Morgan fingerprint density at radius 2 is 1.89 bits per heavy atom. The van der Waals surface area contributed by atoms with Gasteiger partial charge in [0.15, 0.2) is 5.76 Å². The van der Waals surface area contributed by atoms with Gasteiger partial charge in [-0.1, -0.05) is 12.8 Å². The van der Waals surface area contributed by atoms with E-state index < -0.39 is 10.0 Å². The van der Waals surface area contributed by atoms with Crippen molar-refractivity contribution in [1.82, 2.24) is 9.29 Å². The van der Waals surface area contributed by atoms with Crippen molar-refractivity contribution in [1.29, 1.82) is 5.26 Å². The summed E-state index contributed by atoms with van der Waals surface area (Å²) < 4.78 is 38.8. The molecule has 146 valence electrons. The predicted molar refractivity (Wildman–Crippen MR) is 99.6 cm³/mol. The molecule has 0 aromatic carbocycles. The van der Waals surface area contributed by atoms with Gasteiger partial charge in [-0.2, -0.15) is 14.6 Å². The molecule has 0 amide bonds. The van der Waals surface area contributed by atoms with E-state index in [0.717, 1.165) is 25.7 Å². The number of nitrogens with zero attached hydrogens (tertiary/aromatic N) is 3. The first-order chi connectivity index (χ1) is 12.8. The van der Waals surface area contributed by atoms with E-state index in [0.29, 0.717) is 13.1 Å². The van der Waals surface area contributed by atoms with E-state index in [9.17, 15) is 13.7 Å². The van der Waals surface area contributed by atoms with E-state index in [-0.39, 0.29) is 39.9 Å². The van der Waals surface area contributed by atoms with Crippen LogP contribution in [0, 0.1) is 18.3 Å². The molecule has 3 heterocycles. The van der Waals surface area contributed by atoms with Crippen LogP contribution in [0.1, 0.15) is 51.0 Å². The van der Waals surface area contributed by atoms with Crippen molar-refractivity contribution in [3.63, 3.8) is 0 Å². The van der Waals surface area contributed by atoms with Gasteiger partial charge in [-0.15, -0.1) is 0 Å². The van der Waals surface area contributed by atoms with Gasteiger partial charge in [-0.3, -0.25) is 0 Å². The van der Waals surface area contributed by atoms with E-state index in [1.807, 2.05) is 19.9 Å². The molecule has 1 aliphatic rings. The van der Waals surface area contributed by atoms with Crippen LogP contribution >= 0.6 is 0 Å². The fourth-order valence-corrected chi connectivity index (χ4v) is 4.79. The zero-order valence-corrected chi connectivity index (χ0v) is 16.6. The summed E-state index contributed by atoms with van der Waals surface area (Å²) in [6, 6.07) is 3.45. The Bertz CT molecular complexity index is 945. The number of hydrogen-bond acceptors (Lipinski definition) is 7. The van der Waals surface area contributed by atoms with Crippen molar-refractivity contribution >= 4 is 15.9 Å². The van der Waals surface area contributed by atoms with Gasteiger partial charge in [0.25, 0.3) is 5.89 Å². The monoisotopic (exact) mass is 392 g/mol. The summed E-state index contributed by atoms with van der Waals surface area (Å²) in [7, 11) is -3.64. The largest absolute Gasteiger partial charge is 0.455 e. The molecule has 27 heavy (non-hydrogen) atoms. The molecule has 0 aliphatic carbocycles. The molecule has 8 nitrogen and oxygen atoms in total. The minimum atomic E-state index is -3.64. The minimum Gasteiger partial charge on any atom is -0.455 e. The Morgan fingerprint density at radius 1 is 1.22 bits per heavy atom. The van der Waals surface area contributed by atoms with Crippen LogP contribution in [0.25, 0.3) is 11.7 Å². The second-order valence-electron chi connectivity index (χ2n) is 6.96. The second-order valence-corrected chi connectivity index (χ2v) is 8.86. The molecule has 0 spiro atoms. The Morgan fingerprint density at radius 3 is 2.48 bits per heavy atom. The molecule has 1 aliphatic heterocycles. The Kier molecular flexibility index (Phi) is 5.58. The molecule has 2 aromatic rings. The highest BCUT2D eigenvalue weighted by Crippen LogP contribution is 2.32. The molecule has 0 saturated carbocycles. The number of anilines is 1. The molecule has 0 radical (unpaired) electrons. The number of nitrogens with one attached hydrogen (secondary N) is 1. The maximum atomic E-state index is 13.0. The highest BCUT2D eigenvalue weighted by atomic mass is 32.2. The average Bonchev–Trinajstić information content (AvgIpc) is 3.06. The fraction of sp³-hybridized carbons (Fsp3) is 0.556. The standard InChI is InChI=1S/C18H24N4O4S/c1-12(2)20-17-14(11-19)21-18(26-17)15-10-16(13(3)25-15)27(23,24)22-8-6-4-5-7-9-22/h10,12,20H,4-9H2,1-3H3. The number of aromatic nitrogens is 1. The molecule has 1 fully saturated rings. The molecular formula is C18H24N4O4S. The summed E-state index contributed by atoms with van der Waals surface area (Å²) in [6.45, 7) is 6.46. The maximum absolute atomic E-state index is 13.0. The Labute approximate surface area is 159 Å². The molecule has 2 aromatic heterocycles. The molecule has 1 N–H and O–H groups in total. The first-order valence-electron chi connectivity index (χ1n) is 9.11. The van der Waals surface area contributed by atoms with Crippen LogP contribution in [-0.2, 0) is 10.0 Å². The third-order valence-electron chi connectivity index (χ3n) is 4.42. The number of aryl methyl sites for hydroxylation is 1. The van der Waals surface area contributed by atoms with Crippen molar-refractivity contribution in [2.75, 3.05) is 18.4 Å². The van der Waals surface area contributed by atoms with Crippen molar-refractivity contribution in [3.8, 4) is 17.7 Å². The first-order valence-corrected chi connectivity index (χ1v) is 10.6. The molecule has 3 rings (SSSR count). The predicted octanol–water partition coefficient (Wildman–Crippen LogP) is 3.50. The highest BCUT2D eigenvalue weighted by Gasteiger charge is 2.30. The van der Waals surface area contributed by atoms with E-state index >= 15 is 0 Å². The third-order valence-corrected chi connectivity index (χ3v) is 6.42. The summed E-state index contributed by atoms with van der Waals surface area (Å²) in [5.74, 6) is 0.794. The maximum Gasteiger partial charge on any atom is 0.266 e. The van der Waals surface area contributed by atoms with E-state index in [4.69, 9.17) is 8.83 Å². The van der Waals surface area contributed by atoms with Gasteiger partial charge in [0.05, 0.1) is 0 Å². The average molecular weight is 392 g/mol. The lowest BCUT2D eigenvalue weighted by atomic mass is 10.2. The zero-order valence-electron chi connectivity index (χ0n) is 15.8. The fourth-order valence-electron chi connectivity index (χ4n) is 3.11. The number of hydrogen-bond donors (Lipinski definition) is 1. The SMILES string of the molecule is Cc1oc(-c2nc(C#N)c(NC(C)C)o2)cc1S(=O)(=O)N1CCCCCC1. The number of nitriles is 1. The highest BCUT2D eigenvalue weighted by molar-refractivity contribution is 7.89. The van der Waals surface area contributed by atoms with E-state index in [1.165, 1.54) is 10.4 Å². The minimum absolute atomic E-state index is 0.0511. The normalized spacial score (nSPS) is 16.3. The third kappa shape index (κ3) is 4.01. The molecule has 1 saturated heterocycles. The lowest BCUT2D eigenvalue weighted by Crippen LogP contribution is -2.32. The number of furan rings is 1.